The van der Waals surface area contributed by atoms with Crippen molar-refractivity contribution in [1.29, 1.82) is 5.26 Å². The molecule has 1 amide bonds. The van der Waals surface area contributed by atoms with E-state index in [1.807, 2.05) is 4.90 Å². The summed E-state index contributed by atoms with van der Waals surface area (Å²) in [5.74, 6) is 0.354. The zero-order chi connectivity index (χ0) is 15.9. The quantitative estimate of drug-likeness (QED) is 0.904. The van der Waals surface area contributed by atoms with Crippen molar-refractivity contribution in [3.8, 4) is 11.8 Å². The molecule has 1 aromatic carbocycles. The van der Waals surface area contributed by atoms with Crippen LogP contribution in [0, 0.1) is 11.3 Å². The first-order valence-corrected chi connectivity index (χ1v) is 7.74. The lowest BCUT2D eigenvalue weighted by Crippen LogP contribution is -2.49. The molecule has 1 saturated heterocycles. The van der Waals surface area contributed by atoms with Crippen LogP contribution < -0.4 is 4.74 Å². The van der Waals surface area contributed by atoms with E-state index in [9.17, 15) is 4.79 Å². The number of nitrogens with zero attached hydrogens (tertiary/aromatic N) is 2. The van der Waals surface area contributed by atoms with Crippen LogP contribution in [0.4, 0.5) is 0 Å². The zero-order valence-corrected chi connectivity index (χ0v) is 12.9. The molecule has 0 aromatic heterocycles. The molecule has 5 heteroatoms. The molecular weight excluding hydrogens is 280 g/mol. The van der Waals surface area contributed by atoms with Crippen molar-refractivity contribution in [2.45, 2.75) is 44.8 Å². The van der Waals surface area contributed by atoms with Gasteiger partial charge in [0, 0.05) is 19.2 Å². The molecule has 118 valence electrons. The molecule has 0 bridgehead atoms. The van der Waals surface area contributed by atoms with Gasteiger partial charge in [-0.2, -0.15) is 5.26 Å². The van der Waals surface area contributed by atoms with Gasteiger partial charge in [-0.15, -0.1) is 0 Å². The lowest BCUT2D eigenvalue weighted by molar-refractivity contribution is -0.142. The highest BCUT2D eigenvalue weighted by molar-refractivity contribution is 5.81. The number of nitriles is 1. The number of hydrogen-bond donors (Lipinski definition) is 1. The minimum Gasteiger partial charge on any atom is -0.480 e. The molecule has 0 radical (unpaired) electrons. The summed E-state index contributed by atoms with van der Waals surface area (Å²) in [6, 6.07) is 9.06. The van der Waals surface area contributed by atoms with Crippen molar-refractivity contribution in [3.05, 3.63) is 29.8 Å². The second-order valence-electron chi connectivity index (χ2n) is 5.56. The van der Waals surface area contributed by atoms with Crippen molar-refractivity contribution < 1.29 is 14.6 Å². The Bertz CT molecular complexity index is 551. The predicted octanol–water partition coefficient (Wildman–Crippen LogP) is 2.09. The fraction of sp³-hybridized carbons (Fsp3) is 0.529. The van der Waals surface area contributed by atoms with Gasteiger partial charge in [-0.05, 0) is 44.7 Å². The minimum absolute atomic E-state index is 0.0779. The summed E-state index contributed by atoms with van der Waals surface area (Å²) in [6.07, 6.45) is 2.95. The highest BCUT2D eigenvalue weighted by Gasteiger charge is 2.30. The molecule has 1 aliphatic rings. The normalized spacial score (nSPS) is 19.3. The van der Waals surface area contributed by atoms with Gasteiger partial charge >= 0.3 is 0 Å². The Labute approximate surface area is 131 Å². The van der Waals surface area contributed by atoms with Crippen molar-refractivity contribution in [1.82, 2.24) is 4.90 Å². The number of benzene rings is 1. The van der Waals surface area contributed by atoms with Crippen molar-refractivity contribution in [3.63, 3.8) is 0 Å². The molecule has 1 fully saturated rings. The highest BCUT2D eigenvalue weighted by atomic mass is 16.5. The predicted molar refractivity (Wildman–Crippen MR) is 82.3 cm³/mol. The minimum atomic E-state index is -0.645. The fourth-order valence-electron chi connectivity index (χ4n) is 2.88. The second-order valence-corrected chi connectivity index (χ2v) is 5.56. The third kappa shape index (κ3) is 3.77. The monoisotopic (exact) mass is 302 g/mol. The molecule has 1 N–H and O–H groups in total. The molecule has 1 heterocycles. The van der Waals surface area contributed by atoms with E-state index >= 15 is 0 Å². The van der Waals surface area contributed by atoms with Gasteiger partial charge in [-0.1, -0.05) is 12.1 Å². The van der Waals surface area contributed by atoms with E-state index in [-0.39, 0.29) is 18.6 Å². The first-order valence-electron chi connectivity index (χ1n) is 7.74. The summed E-state index contributed by atoms with van der Waals surface area (Å²) in [6.45, 7) is 2.50. The van der Waals surface area contributed by atoms with Gasteiger partial charge in [0.05, 0.1) is 5.56 Å². The maximum atomic E-state index is 12.6. The third-order valence-electron chi connectivity index (χ3n) is 4.03. The summed E-state index contributed by atoms with van der Waals surface area (Å²) in [4.78, 5) is 14.4. The number of hydrogen-bond acceptors (Lipinski definition) is 4. The lowest BCUT2D eigenvalue weighted by atomic mass is 9.99. The number of amides is 1. The van der Waals surface area contributed by atoms with E-state index in [0.29, 0.717) is 24.3 Å². The number of carbonyl (C=O) groups is 1. The van der Waals surface area contributed by atoms with E-state index in [4.69, 9.17) is 15.1 Å². The molecule has 1 aliphatic heterocycles. The van der Waals surface area contributed by atoms with Gasteiger partial charge < -0.3 is 14.7 Å². The molecule has 2 atom stereocenters. The van der Waals surface area contributed by atoms with E-state index in [1.54, 1.807) is 31.2 Å². The Morgan fingerprint density at radius 2 is 2.27 bits per heavy atom. The zero-order valence-electron chi connectivity index (χ0n) is 12.9. The summed E-state index contributed by atoms with van der Waals surface area (Å²) in [7, 11) is 0. The summed E-state index contributed by atoms with van der Waals surface area (Å²) in [5, 5.41) is 18.2. The van der Waals surface area contributed by atoms with Gasteiger partial charge in [0.1, 0.15) is 11.8 Å². The van der Waals surface area contributed by atoms with Crippen molar-refractivity contribution in [2.24, 2.45) is 0 Å². The lowest BCUT2D eigenvalue weighted by Gasteiger charge is -2.37. The fourth-order valence-corrected chi connectivity index (χ4v) is 2.88. The van der Waals surface area contributed by atoms with Crippen LogP contribution in [0.5, 0.6) is 5.75 Å². The van der Waals surface area contributed by atoms with Crippen LogP contribution in [0.2, 0.25) is 0 Å². The van der Waals surface area contributed by atoms with E-state index in [1.165, 1.54) is 0 Å². The highest BCUT2D eigenvalue weighted by Crippen LogP contribution is 2.23. The Hall–Kier alpha value is -2.06. The molecule has 0 aliphatic carbocycles. The van der Waals surface area contributed by atoms with Crippen LogP contribution in [0.1, 0.15) is 38.2 Å². The molecule has 0 spiro atoms. The standard InChI is InChI=1S/C17H22N2O3/c1-13(22-16-8-3-2-6-14(16)12-18)17(21)19-10-5-4-7-15(19)9-11-20/h2-3,6,8,13,15,20H,4-5,7,9-11H2,1H3. The van der Waals surface area contributed by atoms with Crippen LogP contribution in [0.3, 0.4) is 0 Å². The molecule has 5 nitrogen and oxygen atoms in total. The second kappa shape index (κ2) is 7.81. The van der Waals surface area contributed by atoms with Crippen LogP contribution in [0.25, 0.3) is 0 Å². The van der Waals surface area contributed by atoms with Crippen LogP contribution in [0.15, 0.2) is 24.3 Å². The number of piperidine rings is 1. The molecule has 2 rings (SSSR count). The largest absolute Gasteiger partial charge is 0.480 e. The SMILES string of the molecule is CC(Oc1ccccc1C#N)C(=O)N1CCCCC1CCO. The van der Waals surface area contributed by atoms with Gasteiger partial charge in [-0.3, -0.25) is 4.79 Å². The van der Waals surface area contributed by atoms with E-state index < -0.39 is 6.10 Å². The summed E-state index contributed by atoms with van der Waals surface area (Å²) in [5.41, 5.74) is 0.424. The Morgan fingerprint density at radius 3 is 3.00 bits per heavy atom. The maximum Gasteiger partial charge on any atom is 0.263 e. The van der Waals surface area contributed by atoms with Gasteiger partial charge in [0.25, 0.3) is 5.91 Å². The summed E-state index contributed by atoms with van der Waals surface area (Å²) >= 11 is 0. The average molecular weight is 302 g/mol. The topological polar surface area (TPSA) is 73.6 Å². The number of carbonyl (C=O) groups excluding carboxylic acids is 1. The third-order valence-corrected chi connectivity index (χ3v) is 4.03. The Kier molecular flexibility index (Phi) is 5.79. The van der Waals surface area contributed by atoms with Crippen molar-refractivity contribution in [2.75, 3.05) is 13.2 Å². The Balaban J connectivity index is 2.06. The van der Waals surface area contributed by atoms with Gasteiger partial charge in [-0.25, -0.2) is 0 Å². The smallest absolute Gasteiger partial charge is 0.263 e. The molecular formula is C17H22N2O3. The number of ether oxygens (including phenoxy) is 1. The Morgan fingerprint density at radius 1 is 1.50 bits per heavy atom. The van der Waals surface area contributed by atoms with Gasteiger partial charge in [0.15, 0.2) is 6.10 Å². The van der Waals surface area contributed by atoms with Gasteiger partial charge in [0.2, 0.25) is 0 Å². The maximum absolute atomic E-state index is 12.6. The summed E-state index contributed by atoms with van der Waals surface area (Å²) < 4.78 is 5.70. The van der Waals surface area contributed by atoms with E-state index in [2.05, 4.69) is 6.07 Å². The van der Waals surface area contributed by atoms with Crippen LogP contribution >= 0.6 is 0 Å². The first-order chi connectivity index (χ1) is 10.7. The van der Waals surface area contributed by atoms with Crippen LogP contribution in [-0.2, 0) is 4.79 Å². The van der Waals surface area contributed by atoms with Crippen LogP contribution in [-0.4, -0.2) is 41.2 Å². The van der Waals surface area contributed by atoms with E-state index in [0.717, 1.165) is 19.3 Å². The van der Waals surface area contributed by atoms with Crippen molar-refractivity contribution >= 4 is 5.91 Å². The molecule has 1 aromatic rings. The molecule has 2 unspecified atom stereocenters. The average Bonchev–Trinajstić information content (AvgIpc) is 2.55. The molecule has 22 heavy (non-hydrogen) atoms. The number of aliphatic hydroxyl groups is 1. The first kappa shape index (κ1) is 16.3. The molecule has 0 saturated carbocycles. The number of likely N-dealkylation sites (tertiary alicyclic amines) is 1. The number of para-hydroxylation sites is 1. The number of aliphatic hydroxyl groups excluding tert-OH is 1. The number of rotatable bonds is 5.